The molecule has 1 aromatic carbocycles. The van der Waals surface area contributed by atoms with Gasteiger partial charge in [0.1, 0.15) is 17.1 Å². The van der Waals surface area contributed by atoms with Gasteiger partial charge in [-0.1, -0.05) is 0 Å². The molecule has 23 heavy (non-hydrogen) atoms. The number of nitrogens with two attached hydrogens (primary N) is 1. The van der Waals surface area contributed by atoms with Crippen molar-refractivity contribution in [3.8, 4) is 22.9 Å². The summed E-state index contributed by atoms with van der Waals surface area (Å²) in [5.74, 6) is -0.675. The number of anilines is 1. The average Bonchev–Trinajstić information content (AvgIpc) is 2.93. The van der Waals surface area contributed by atoms with Gasteiger partial charge in [0.15, 0.2) is 11.5 Å². The molecule has 9 heteroatoms. The highest BCUT2D eigenvalue weighted by atomic mass is 16.5. The van der Waals surface area contributed by atoms with Crippen LogP contribution >= 0.6 is 0 Å². The fraction of sp³-hybridized carbons (Fsp3) is 0.143. The first-order valence-corrected chi connectivity index (χ1v) is 6.71. The van der Waals surface area contributed by atoms with E-state index in [2.05, 4.69) is 15.1 Å². The van der Waals surface area contributed by atoms with Gasteiger partial charge in [-0.15, -0.1) is 5.10 Å². The standard InChI is InChI=1S/C14H13N5O4/c1-2-23-13(22)10-6-16-14(15)19-12(10)17-11(18-19)7-3-8(20)5-9(21)4-7/h3-6,20-21H,2H2,1H3,(H2,15,16). The Labute approximate surface area is 130 Å². The highest BCUT2D eigenvalue weighted by Gasteiger charge is 2.19. The van der Waals surface area contributed by atoms with Crippen molar-refractivity contribution in [3.05, 3.63) is 30.0 Å². The van der Waals surface area contributed by atoms with Crippen LogP contribution in [-0.2, 0) is 4.74 Å². The molecule has 0 aliphatic heterocycles. The fourth-order valence-electron chi connectivity index (χ4n) is 2.09. The van der Waals surface area contributed by atoms with Crippen LogP contribution < -0.4 is 5.73 Å². The lowest BCUT2D eigenvalue weighted by atomic mass is 10.2. The number of aromatic hydroxyl groups is 2. The lowest BCUT2D eigenvalue weighted by Crippen LogP contribution is -2.10. The smallest absolute Gasteiger partial charge is 0.343 e. The zero-order valence-corrected chi connectivity index (χ0v) is 12.1. The topological polar surface area (TPSA) is 136 Å². The van der Waals surface area contributed by atoms with Gasteiger partial charge in [0.05, 0.1) is 6.61 Å². The SMILES string of the molecule is CCOC(=O)c1cnc(N)n2nc(-c3cc(O)cc(O)c3)nc12. The van der Waals surface area contributed by atoms with Gasteiger partial charge in [-0.2, -0.15) is 4.52 Å². The Bertz CT molecular complexity index is 885. The van der Waals surface area contributed by atoms with Crippen LogP contribution in [0.5, 0.6) is 11.5 Å². The van der Waals surface area contributed by atoms with Crippen LogP contribution in [0.4, 0.5) is 5.95 Å². The van der Waals surface area contributed by atoms with Crippen molar-refractivity contribution < 1.29 is 19.7 Å². The number of phenols is 2. The number of aromatic nitrogens is 4. The van der Waals surface area contributed by atoms with Gasteiger partial charge < -0.3 is 20.7 Å². The van der Waals surface area contributed by atoms with Crippen LogP contribution in [0, 0.1) is 0 Å². The Morgan fingerprint density at radius 1 is 1.30 bits per heavy atom. The lowest BCUT2D eigenvalue weighted by molar-refractivity contribution is 0.0527. The van der Waals surface area contributed by atoms with Crippen molar-refractivity contribution in [2.24, 2.45) is 0 Å². The number of nitrogen functional groups attached to an aromatic ring is 1. The zero-order valence-electron chi connectivity index (χ0n) is 12.1. The Morgan fingerprint density at radius 3 is 2.65 bits per heavy atom. The van der Waals surface area contributed by atoms with E-state index in [1.165, 1.54) is 28.9 Å². The summed E-state index contributed by atoms with van der Waals surface area (Å²) in [5, 5.41) is 23.3. The fourth-order valence-corrected chi connectivity index (χ4v) is 2.09. The van der Waals surface area contributed by atoms with Gasteiger partial charge in [-0.05, 0) is 19.1 Å². The molecule has 0 amide bonds. The molecule has 0 atom stereocenters. The van der Waals surface area contributed by atoms with E-state index < -0.39 is 5.97 Å². The maximum absolute atomic E-state index is 12.0. The Morgan fingerprint density at radius 2 is 2.00 bits per heavy atom. The van der Waals surface area contributed by atoms with Crippen LogP contribution in [0.1, 0.15) is 17.3 Å². The third kappa shape index (κ3) is 2.59. The Balaban J connectivity index is 2.19. The summed E-state index contributed by atoms with van der Waals surface area (Å²) in [6.45, 7) is 1.89. The maximum atomic E-state index is 12.0. The van der Waals surface area contributed by atoms with Crippen LogP contribution in [0.25, 0.3) is 17.0 Å². The number of carbonyl (C=O) groups excluding carboxylic acids is 1. The molecular formula is C14H13N5O4. The zero-order chi connectivity index (χ0) is 16.6. The highest BCUT2D eigenvalue weighted by Crippen LogP contribution is 2.27. The van der Waals surface area contributed by atoms with E-state index in [1.807, 2.05) is 0 Å². The largest absolute Gasteiger partial charge is 0.508 e. The van der Waals surface area contributed by atoms with Crippen molar-refractivity contribution >= 4 is 17.6 Å². The number of rotatable bonds is 3. The van der Waals surface area contributed by atoms with Gasteiger partial charge >= 0.3 is 5.97 Å². The summed E-state index contributed by atoms with van der Waals surface area (Å²) >= 11 is 0. The lowest BCUT2D eigenvalue weighted by Gasteiger charge is -2.03. The minimum absolute atomic E-state index is 0.0381. The first-order chi connectivity index (χ1) is 11.0. The maximum Gasteiger partial charge on any atom is 0.343 e. The Hall–Kier alpha value is -3.36. The van der Waals surface area contributed by atoms with E-state index >= 15 is 0 Å². The minimum Gasteiger partial charge on any atom is -0.508 e. The number of esters is 1. The quantitative estimate of drug-likeness (QED) is 0.608. The number of hydrogen-bond donors (Lipinski definition) is 3. The van der Waals surface area contributed by atoms with Gasteiger partial charge in [-0.3, -0.25) is 0 Å². The second-order valence-electron chi connectivity index (χ2n) is 4.66. The van der Waals surface area contributed by atoms with E-state index in [0.717, 1.165) is 0 Å². The summed E-state index contributed by atoms with van der Waals surface area (Å²) in [7, 11) is 0. The first kappa shape index (κ1) is 14.6. The molecule has 0 saturated heterocycles. The Kier molecular flexibility index (Phi) is 3.45. The average molecular weight is 315 g/mol. The van der Waals surface area contributed by atoms with Crippen molar-refractivity contribution in [2.75, 3.05) is 12.3 Å². The summed E-state index contributed by atoms with van der Waals surface area (Å²) in [5.41, 5.74) is 6.40. The van der Waals surface area contributed by atoms with E-state index in [1.54, 1.807) is 6.92 Å². The van der Waals surface area contributed by atoms with Crippen molar-refractivity contribution in [1.29, 1.82) is 0 Å². The van der Waals surface area contributed by atoms with Gasteiger partial charge in [0.25, 0.3) is 0 Å². The van der Waals surface area contributed by atoms with Gasteiger partial charge in [0.2, 0.25) is 5.95 Å². The summed E-state index contributed by atoms with van der Waals surface area (Å²) in [6.07, 6.45) is 1.26. The monoisotopic (exact) mass is 315 g/mol. The summed E-state index contributed by atoms with van der Waals surface area (Å²) < 4.78 is 6.15. The molecule has 2 heterocycles. The van der Waals surface area contributed by atoms with Crippen LogP contribution in [0.15, 0.2) is 24.4 Å². The molecule has 0 fully saturated rings. The normalized spacial score (nSPS) is 10.8. The molecule has 0 aliphatic carbocycles. The van der Waals surface area contributed by atoms with E-state index in [4.69, 9.17) is 10.5 Å². The third-order valence-corrected chi connectivity index (χ3v) is 3.05. The predicted octanol–water partition coefficient (Wildman–Crippen LogP) is 0.961. The van der Waals surface area contributed by atoms with Gasteiger partial charge in [-0.25, -0.2) is 14.8 Å². The number of carbonyl (C=O) groups is 1. The second kappa shape index (κ2) is 5.44. The molecule has 0 aliphatic rings. The molecule has 3 rings (SSSR count). The first-order valence-electron chi connectivity index (χ1n) is 6.71. The van der Waals surface area contributed by atoms with Crippen molar-refractivity contribution in [3.63, 3.8) is 0 Å². The van der Waals surface area contributed by atoms with E-state index in [-0.39, 0.29) is 41.1 Å². The highest BCUT2D eigenvalue weighted by molar-refractivity contribution is 5.96. The molecule has 9 nitrogen and oxygen atoms in total. The predicted molar refractivity (Wildman–Crippen MR) is 79.9 cm³/mol. The number of phenolic OH excluding ortho intramolecular Hbond substituents is 2. The van der Waals surface area contributed by atoms with E-state index in [9.17, 15) is 15.0 Å². The number of fused-ring (bicyclic) bond motifs is 1. The van der Waals surface area contributed by atoms with Crippen LogP contribution in [0.3, 0.4) is 0 Å². The van der Waals surface area contributed by atoms with Gasteiger partial charge in [0, 0.05) is 17.8 Å². The summed E-state index contributed by atoms with van der Waals surface area (Å²) in [4.78, 5) is 20.1. The molecule has 3 aromatic rings. The number of ether oxygens (including phenoxy) is 1. The van der Waals surface area contributed by atoms with Crippen LogP contribution in [-0.4, -0.2) is 42.4 Å². The van der Waals surface area contributed by atoms with Crippen molar-refractivity contribution in [2.45, 2.75) is 6.92 Å². The third-order valence-electron chi connectivity index (χ3n) is 3.05. The molecule has 0 unspecified atom stereocenters. The molecule has 118 valence electrons. The molecule has 0 radical (unpaired) electrons. The summed E-state index contributed by atoms with van der Waals surface area (Å²) in [6, 6.07) is 3.93. The number of hydrogen-bond acceptors (Lipinski definition) is 8. The molecule has 2 aromatic heterocycles. The molecule has 0 bridgehead atoms. The van der Waals surface area contributed by atoms with Crippen molar-refractivity contribution in [1.82, 2.24) is 19.6 Å². The van der Waals surface area contributed by atoms with E-state index in [0.29, 0.717) is 5.56 Å². The molecule has 4 N–H and O–H groups in total. The van der Waals surface area contributed by atoms with Crippen LogP contribution in [0.2, 0.25) is 0 Å². The molecule has 0 spiro atoms. The molecule has 0 saturated carbocycles. The molecular weight excluding hydrogens is 302 g/mol. The second-order valence-corrected chi connectivity index (χ2v) is 4.66. The number of nitrogens with zero attached hydrogens (tertiary/aromatic N) is 4. The number of benzene rings is 1. The minimum atomic E-state index is -0.595.